The zero-order valence-corrected chi connectivity index (χ0v) is 14.9. The van der Waals surface area contributed by atoms with Crippen molar-refractivity contribution in [3.63, 3.8) is 0 Å². The van der Waals surface area contributed by atoms with Gasteiger partial charge >= 0.3 is 0 Å². The van der Waals surface area contributed by atoms with Gasteiger partial charge in [0.2, 0.25) is 5.91 Å². The number of aromatic nitrogens is 2. The average Bonchev–Trinajstić information content (AvgIpc) is 2.94. The van der Waals surface area contributed by atoms with E-state index in [1.807, 2.05) is 25.6 Å². The SMILES string of the molecule is C=CCN(C(=O)CCc1c(C)nn(C)c1C)C1CCS(=O)(=O)C1. The summed E-state index contributed by atoms with van der Waals surface area (Å²) >= 11 is 0. The van der Waals surface area contributed by atoms with Crippen LogP contribution in [0.1, 0.15) is 29.8 Å². The van der Waals surface area contributed by atoms with Crippen molar-refractivity contribution in [3.05, 3.63) is 29.6 Å². The summed E-state index contributed by atoms with van der Waals surface area (Å²) in [5.41, 5.74) is 3.10. The van der Waals surface area contributed by atoms with Gasteiger partial charge in [-0.05, 0) is 32.3 Å². The van der Waals surface area contributed by atoms with Gasteiger partial charge in [0.25, 0.3) is 0 Å². The van der Waals surface area contributed by atoms with Gasteiger partial charge < -0.3 is 4.90 Å². The molecule has 1 aromatic rings. The minimum absolute atomic E-state index is 0.0188. The van der Waals surface area contributed by atoms with Crippen LogP contribution in [-0.4, -0.2) is 53.1 Å². The van der Waals surface area contributed by atoms with Gasteiger partial charge in [-0.3, -0.25) is 9.48 Å². The van der Waals surface area contributed by atoms with Crippen LogP contribution in [0.4, 0.5) is 0 Å². The Kier molecular flexibility index (Phi) is 5.29. The Labute approximate surface area is 138 Å². The number of carbonyl (C=O) groups excluding carboxylic acids is 1. The quantitative estimate of drug-likeness (QED) is 0.730. The highest BCUT2D eigenvalue weighted by Crippen LogP contribution is 2.20. The largest absolute Gasteiger partial charge is 0.335 e. The molecular formula is C16H25N3O3S. The summed E-state index contributed by atoms with van der Waals surface area (Å²) in [6.07, 6.45) is 3.16. The first-order chi connectivity index (χ1) is 10.7. The fourth-order valence-corrected chi connectivity index (χ4v) is 4.90. The Balaban J connectivity index is 2.05. The zero-order valence-electron chi connectivity index (χ0n) is 14.1. The van der Waals surface area contributed by atoms with Crippen molar-refractivity contribution in [3.8, 4) is 0 Å². The van der Waals surface area contributed by atoms with E-state index in [2.05, 4.69) is 11.7 Å². The lowest BCUT2D eigenvalue weighted by Gasteiger charge is -2.27. The monoisotopic (exact) mass is 339 g/mol. The summed E-state index contributed by atoms with van der Waals surface area (Å²) in [6.45, 7) is 8.01. The zero-order chi connectivity index (χ0) is 17.2. The van der Waals surface area contributed by atoms with Crippen LogP contribution in [0.2, 0.25) is 0 Å². The molecule has 1 aliphatic heterocycles. The van der Waals surface area contributed by atoms with Crippen molar-refractivity contribution in [2.75, 3.05) is 18.1 Å². The van der Waals surface area contributed by atoms with Crippen LogP contribution in [-0.2, 0) is 28.1 Å². The Hall–Kier alpha value is -1.63. The van der Waals surface area contributed by atoms with E-state index in [1.165, 1.54) is 0 Å². The van der Waals surface area contributed by atoms with Gasteiger partial charge in [-0.15, -0.1) is 6.58 Å². The van der Waals surface area contributed by atoms with Crippen LogP contribution in [0.25, 0.3) is 0 Å². The number of aryl methyl sites for hydroxylation is 2. The molecule has 2 rings (SSSR count). The Bertz CT molecular complexity index is 706. The van der Waals surface area contributed by atoms with Crippen molar-refractivity contribution < 1.29 is 13.2 Å². The minimum atomic E-state index is -3.01. The van der Waals surface area contributed by atoms with Crippen LogP contribution in [0.5, 0.6) is 0 Å². The van der Waals surface area contributed by atoms with Gasteiger partial charge in [0, 0.05) is 31.7 Å². The molecule has 0 spiro atoms. The fourth-order valence-electron chi connectivity index (χ4n) is 3.17. The van der Waals surface area contributed by atoms with Crippen LogP contribution in [0.3, 0.4) is 0 Å². The minimum Gasteiger partial charge on any atom is -0.335 e. The molecule has 0 bridgehead atoms. The predicted octanol–water partition coefficient (Wildman–Crippen LogP) is 1.17. The number of hydrogen-bond acceptors (Lipinski definition) is 4. The van der Waals surface area contributed by atoms with Gasteiger partial charge in [0.15, 0.2) is 9.84 Å². The summed E-state index contributed by atoms with van der Waals surface area (Å²) in [6, 6.07) is -0.221. The molecule has 1 saturated heterocycles. The highest BCUT2D eigenvalue weighted by molar-refractivity contribution is 7.91. The second kappa shape index (κ2) is 6.86. The molecule has 0 saturated carbocycles. The van der Waals surface area contributed by atoms with E-state index < -0.39 is 9.84 Å². The summed E-state index contributed by atoms with van der Waals surface area (Å²) in [7, 11) is -1.12. The van der Waals surface area contributed by atoms with Crippen molar-refractivity contribution >= 4 is 15.7 Å². The smallest absolute Gasteiger partial charge is 0.223 e. The number of hydrogen-bond donors (Lipinski definition) is 0. The van der Waals surface area contributed by atoms with E-state index in [1.54, 1.807) is 11.0 Å². The molecular weight excluding hydrogens is 314 g/mol. The van der Waals surface area contributed by atoms with Gasteiger partial charge in [-0.1, -0.05) is 6.08 Å². The Morgan fingerprint density at radius 2 is 2.17 bits per heavy atom. The molecule has 1 aromatic heterocycles. The summed E-state index contributed by atoms with van der Waals surface area (Å²) in [5, 5.41) is 4.36. The molecule has 0 N–H and O–H groups in total. The highest BCUT2D eigenvalue weighted by atomic mass is 32.2. The number of amides is 1. The average molecular weight is 339 g/mol. The van der Waals surface area contributed by atoms with Crippen molar-refractivity contribution in [1.29, 1.82) is 0 Å². The molecule has 1 unspecified atom stereocenters. The third-order valence-corrected chi connectivity index (χ3v) is 6.29. The molecule has 6 nitrogen and oxygen atoms in total. The standard InChI is InChI=1S/C16H25N3O3S/c1-5-9-19(14-8-10-23(21,22)11-14)16(20)7-6-15-12(2)17-18(4)13(15)3/h5,14H,1,6-11H2,2-4H3. The van der Waals surface area contributed by atoms with Crippen LogP contribution in [0.15, 0.2) is 12.7 Å². The molecule has 1 amide bonds. The second-order valence-electron chi connectivity index (χ2n) is 6.16. The van der Waals surface area contributed by atoms with Gasteiger partial charge in [0.05, 0.1) is 17.2 Å². The molecule has 1 aliphatic rings. The first-order valence-electron chi connectivity index (χ1n) is 7.85. The van der Waals surface area contributed by atoms with Crippen molar-refractivity contribution in [1.82, 2.24) is 14.7 Å². The third kappa shape index (κ3) is 4.02. The Morgan fingerprint density at radius 3 is 2.65 bits per heavy atom. The lowest BCUT2D eigenvalue weighted by Crippen LogP contribution is -2.41. The van der Waals surface area contributed by atoms with Crippen molar-refractivity contribution in [2.24, 2.45) is 7.05 Å². The highest BCUT2D eigenvalue weighted by Gasteiger charge is 2.33. The summed E-state index contributed by atoms with van der Waals surface area (Å²) < 4.78 is 25.2. The molecule has 128 valence electrons. The molecule has 7 heteroatoms. The van der Waals surface area contributed by atoms with E-state index in [0.29, 0.717) is 25.8 Å². The number of carbonyl (C=O) groups is 1. The van der Waals surface area contributed by atoms with Gasteiger partial charge in [0.1, 0.15) is 0 Å². The summed E-state index contributed by atoms with van der Waals surface area (Å²) in [5.74, 6) is 0.214. The molecule has 23 heavy (non-hydrogen) atoms. The first kappa shape index (κ1) is 17.7. The fraction of sp³-hybridized carbons (Fsp3) is 0.625. The molecule has 1 atom stereocenters. The normalized spacial score (nSPS) is 19.7. The maximum Gasteiger partial charge on any atom is 0.223 e. The molecule has 2 heterocycles. The first-order valence-corrected chi connectivity index (χ1v) is 9.67. The van der Waals surface area contributed by atoms with E-state index in [4.69, 9.17) is 0 Å². The van der Waals surface area contributed by atoms with E-state index >= 15 is 0 Å². The third-order valence-electron chi connectivity index (χ3n) is 4.54. The lowest BCUT2D eigenvalue weighted by atomic mass is 10.1. The maximum absolute atomic E-state index is 12.6. The number of nitrogens with zero attached hydrogens (tertiary/aromatic N) is 3. The van der Waals surface area contributed by atoms with Crippen LogP contribution < -0.4 is 0 Å². The molecule has 0 radical (unpaired) electrons. The molecule has 0 aliphatic carbocycles. The van der Waals surface area contributed by atoms with E-state index in [-0.39, 0.29) is 23.5 Å². The van der Waals surface area contributed by atoms with Crippen molar-refractivity contribution in [2.45, 2.75) is 39.2 Å². The maximum atomic E-state index is 12.6. The lowest BCUT2D eigenvalue weighted by molar-refractivity contribution is -0.132. The Morgan fingerprint density at radius 1 is 1.48 bits per heavy atom. The number of sulfone groups is 1. The molecule has 1 fully saturated rings. The van der Waals surface area contributed by atoms with E-state index in [9.17, 15) is 13.2 Å². The van der Waals surface area contributed by atoms with Gasteiger partial charge in [-0.25, -0.2) is 8.42 Å². The summed E-state index contributed by atoms with van der Waals surface area (Å²) in [4.78, 5) is 14.3. The molecule has 0 aromatic carbocycles. The van der Waals surface area contributed by atoms with Crippen LogP contribution in [0, 0.1) is 13.8 Å². The van der Waals surface area contributed by atoms with Crippen LogP contribution >= 0.6 is 0 Å². The topological polar surface area (TPSA) is 72.3 Å². The second-order valence-corrected chi connectivity index (χ2v) is 8.39. The van der Waals surface area contributed by atoms with Gasteiger partial charge in [-0.2, -0.15) is 5.10 Å². The van der Waals surface area contributed by atoms with E-state index in [0.717, 1.165) is 17.0 Å². The number of rotatable bonds is 6. The predicted molar refractivity (Wildman–Crippen MR) is 90.0 cm³/mol.